The first-order chi connectivity index (χ1) is 11.6. The molecule has 2 heterocycles. The van der Waals surface area contributed by atoms with E-state index in [9.17, 15) is 9.59 Å². The SMILES string of the molecule is CC[C@@H]1CN(C(=O)Cn2c(-c3ccccc3C)noc2=O)CCO1. The predicted octanol–water partition coefficient (Wildman–Crippen LogP) is 1.45. The van der Waals surface area contributed by atoms with Crippen LogP contribution in [0, 0.1) is 6.92 Å². The summed E-state index contributed by atoms with van der Waals surface area (Å²) in [6.45, 7) is 5.48. The second-order valence-electron chi connectivity index (χ2n) is 5.91. The van der Waals surface area contributed by atoms with Gasteiger partial charge in [0.15, 0.2) is 5.82 Å². The molecule has 0 bridgehead atoms. The molecule has 1 saturated heterocycles. The van der Waals surface area contributed by atoms with Gasteiger partial charge in [0, 0.05) is 18.7 Å². The minimum atomic E-state index is -0.623. The van der Waals surface area contributed by atoms with Crippen LogP contribution in [0.2, 0.25) is 0 Å². The van der Waals surface area contributed by atoms with Gasteiger partial charge in [-0.15, -0.1) is 0 Å². The molecule has 0 saturated carbocycles. The molecular formula is C17H21N3O4. The predicted molar refractivity (Wildman–Crippen MR) is 87.5 cm³/mol. The van der Waals surface area contributed by atoms with Crippen LogP contribution in [0.4, 0.5) is 0 Å². The summed E-state index contributed by atoms with van der Waals surface area (Å²) >= 11 is 0. The lowest BCUT2D eigenvalue weighted by molar-refractivity contribution is -0.139. The van der Waals surface area contributed by atoms with Gasteiger partial charge in [-0.25, -0.2) is 9.36 Å². The number of nitrogens with zero attached hydrogens (tertiary/aromatic N) is 3. The van der Waals surface area contributed by atoms with Gasteiger partial charge in [-0.1, -0.05) is 36.3 Å². The lowest BCUT2D eigenvalue weighted by Crippen LogP contribution is -2.47. The number of ether oxygens (including phenoxy) is 1. The minimum Gasteiger partial charge on any atom is -0.375 e. The molecular weight excluding hydrogens is 310 g/mol. The van der Waals surface area contributed by atoms with Crippen molar-refractivity contribution in [1.29, 1.82) is 0 Å². The summed E-state index contributed by atoms with van der Waals surface area (Å²) in [5, 5.41) is 3.86. The Balaban J connectivity index is 1.83. The molecule has 0 aliphatic carbocycles. The fraction of sp³-hybridized carbons (Fsp3) is 0.471. The van der Waals surface area contributed by atoms with Crippen molar-refractivity contribution in [3.63, 3.8) is 0 Å². The Labute approximate surface area is 139 Å². The maximum atomic E-state index is 12.6. The molecule has 7 nitrogen and oxygen atoms in total. The molecule has 1 aromatic heterocycles. The fourth-order valence-electron chi connectivity index (χ4n) is 2.85. The number of carbonyl (C=O) groups excluding carboxylic acids is 1. The van der Waals surface area contributed by atoms with Gasteiger partial charge in [-0.2, -0.15) is 0 Å². The van der Waals surface area contributed by atoms with Crippen molar-refractivity contribution in [1.82, 2.24) is 14.6 Å². The molecule has 0 unspecified atom stereocenters. The van der Waals surface area contributed by atoms with Crippen molar-refractivity contribution in [3.8, 4) is 11.4 Å². The van der Waals surface area contributed by atoms with E-state index >= 15 is 0 Å². The molecule has 2 aromatic rings. The Bertz CT molecular complexity index is 780. The van der Waals surface area contributed by atoms with Gasteiger partial charge in [-0.3, -0.25) is 9.32 Å². The Morgan fingerprint density at radius 2 is 2.17 bits per heavy atom. The van der Waals surface area contributed by atoms with Gasteiger partial charge in [-0.05, 0) is 18.9 Å². The van der Waals surface area contributed by atoms with E-state index < -0.39 is 5.76 Å². The molecule has 0 N–H and O–H groups in total. The summed E-state index contributed by atoms with van der Waals surface area (Å²) in [5.41, 5.74) is 1.74. The van der Waals surface area contributed by atoms with Crippen LogP contribution in [0.1, 0.15) is 18.9 Å². The van der Waals surface area contributed by atoms with Crippen LogP contribution in [0.3, 0.4) is 0 Å². The maximum Gasteiger partial charge on any atom is 0.442 e. The molecule has 3 rings (SSSR count). The van der Waals surface area contributed by atoms with Crippen molar-refractivity contribution in [2.75, 3.05) is 19.7 Å². The molecule has 1 amide bonds. The third-order valence-corrected chi connectivity index (χ3v) is 4.31. The Hall–Kier alpha value is -2.41. The zero-order valence-corrected chi connectivity index (χ0v) is 13.9. The molecule has 1 aromatic carbocycles. The molecule has 1 atom stereocenters. The quantitative estimate of drug-likeness (QED) is 0.847. The first-order valence-corrected chi connectivity index (χ1v) is 8.12. The van der Waals surface area contributed by atoms with Crippen LogP contribution in [0.25, 0.3) is 11.4 Å². The molecule has 24 heavy (non-hydrogen) atoms. The Morgan fingerprint density at radius 3 is 2.92 bits per heavy atom. The average Bonchev–Trinajstić information content (AvgIpc) is 2.96. The number of morpholine rings is 1. The topological polar surface area (TPSA) is 77.6 Å². The van der Waals surface area contributed by atoms with Gasteiger partial charge in [0.2, 0.25) is 5.91 Å². The number of benzene rings is 1. The molecule has 128 valence electrons. The van der Waals surface area contributed by atoms with Crippen LogP contribution in [-0.2, 0) is 16.1 Å². The molecule has 1 fully saturated rings. The first kappa shape index (κ1) is 16.4. The summed E-state index contributed by atoms with van der Waals surface area (Å²) < 4.78 is 11.7. The maximum absolute atomic E-state index is 12.6. The molecule has 0 spiro atoms. The van der Waals surface area contributed by atoms with E-state index in [0.29, 0.717) is 25.5 Å². The van der Waals surface area contributed by atoms with Crippen LogP contribution in [0.5, 0.6) is 0 Å². The number of amides is 1. The fourth-order valence-corrected chi connectivity index (χ4v) is 2.85. The van der Waals surface area contributed by atoms with Gasteiger partial charge < -0.3 is 9.64 Å². The second kappa shape index (κ2) is 7.00. The number of aryl methyl sites for hydroxylation is 1. The summed E-state index contributed by atoms with van der Waals surface area (Å²) in [6.07, 6.45) is 0.906. The first-order valence-electron chi connectivity index (χ1n) is 8.12. The van der Waals surface area contributed by atoms with Gasteiger partial charge in [0.25, 0.3) is 0 Å². The Morgan fingerprint density at radius 1 is 1.38 bits per heavy atom. The van der Waals surface area contributed by atoms with Gasteiger partial charge in [0.1, 0.15) is 6.54 Å². The zero-order chi connectivity index (χ0) is 17.1. The highest BCUT2D eigenvalue weighted by atomic mass is 16.5. The minimum absolute atomic E-state index is 0.0535. The average molecular weight is 331 g/mol. The Kier molecular flexibility index (Phi) is 4.80. The van der Waals surface area contributed by atoms with E-state index in [1.165, 1.54) is 4.57 Å². The van der Waals surface area contributed by atoms with Crippen LogP contribution in [0.15, 0.2) is 33.6 Å². The van der Waals surface area contributed by atoms with Crippen LogP contribution < -0.4 is 5.76 Å². The summed E-state index contributed by atoms with van der Waals surface area (Å²) in [6, 6.07) is 7.55. The third kappa shape index (κ3) is 3.26. The van der Waals surface area contributed by atoms with E-state index in [0.717, 1.165) is 17.5 Å². The molecule has 7 heteroatoms. The monoisotopic (exact) mass is 331 g/mol. The summed E-state index contributed by atoms with van der Waals surface area (Å²) in [5.74, 6) is -0.370. The second-order valence-corrected chi connectivity index (χ2v) is 5.91. The summed E-state index contributed by atoms with van der Waals surface area (Å²) in [4.78, 5) is 26.3. The highest BCUT2D eigenvalue weighted by molar-refractivity contribution is 5.77. The third-order valence-electron chi connectivity index (χ3n) is 4.31. The molecule has 1 aliphatic heterocycles. The zero-order valence-electron chi connectivity index (χ0n) is 13.9. The highest BCUT2D eigenvalue weighted by Gasteiger charge is 2.25. The number of aromatic nitrogens is 2. The highest BCUT2D eigenvalue weighted by Crippen LogP contribution is 2.20. The standard InChI is InChI=1S/C17H21N3O4/c1-3-13-10-19(8-9-23-13)15(21)11-20-16(18-24-17(20)22)14-7-5-4-6-12(14)2/h4-7,13H,3,8-11H2,1-2H3/t13-/m1/s1. The van der Waals surface area contributed by atoms with E-state index in [4.69, 9.17) is 9.26 Å². The van der Waals surface area contributed by atoms with Crippen LogP contribution >= 0.6 is 0 Å². The van der Waals surface area contributed by atoms with Crippen molar-refractivity contribution >= 4 is 5.91 Å². The van der Waals surface area contributed by atoms with Crippen molar-refractivity contribution < 1.29 is 14.1 Å². The summed E-state index contributed by atoms with van der Waals surface area (Å²) in [7, 11) is 0. The van der Waals surface area contributed by atoms with Gasteiger partial charge in [0.05, 0.1) is 12.7 Å². The van der Waals surface area contributed by atoms with Gasteiger partial charge >= 0.3 is 5.76 Å². The van der Waals surface area contributed by atoms with E-state index in [-0.39, 0.29) is 18.6 Å². The largest absolute Gasteiger partial charge is 0.442 e. The number of hydrogen-bond acceptors (Lipinski definition) is 5. The van der Waals surface area contributed by atoms with E-state index in [1.807, 2.05) is 38.1 Å². The normalized spacial score (nSPS) is 17.9. The number of hydrogen-bond donors (Lipinski definition) is 0. The molecule has 1 aliphatic rings. The van der Waals surface area contributed by atoms with Crippen molar-refractivity contribution in [3.05, 3.63) is 40.4 Å². The lowest BCUT2D eigenvalue weighted by Gasteiger charge is -2.32. The van der Waals surface area contributed by atoms with E-state index in [1.54, 1.807) is 4.90 Å². The van der Waals surface area contributed by atoms with Crippen LogP contribution in [-0.4, -0.2) is 46.3 Å². The van der Waals surface area contributed by atoms with Crippen molar-refractivity contribution in [2.24, 2.45) is 0 Å². The number of rotatable bonds is 4. The van der Waals surface area contributed by atoms with Crippen molar-refractivity contribution in [2.45, 2.75) is 32.9 Å². The smallest absolute Gasteiger partial charge is 0.375 e. The lowest BCUT2D eigenvalue weighted by atomic mass is 10.1. The number of carbonyl (C=O) groups is 1. The molecule has 0 radical (unpaired) electrons. The van der Waals surface area contributed by atoms with E-state index in [2.05, 4.69) is 5.16 Å².